The molecule has 0 bridgehead atoms. The predicted molar refractivity (Wildman–Crippen MR) is 126 cm³/mol. The summed E-state index contributed by atoms with van der Waals surface area (Å²) in [6, 6.07) is 14.3. The number of carbonyl (C=O) groups excluding carboxylic acids is 2. The van der Waals surface area contributed by atoms with Crippen molar-refractivity contribution in [3.63, 3.8) is 0 Å². The molecular weight excluding hydrogens is 400 g/mol. The highest BCUT2D eigenvalue weighted by atomic mass is 16.5. The summed E-state index contributed by atoms with van der Waals surface area (Å²) in [5.41, 5.74) is 4.63. The summed E-state index contributed by atoms with van der Waals surface area (Å²) in [4.78, 5) is 27.5. The molecule has 1 aliphatic heterocycles. The number of carbonyl (C=O) groups is 2. The van der Waals surface area contributed by atoms with Gasteiger partial charge < -0.3 is 15.0 Å². The molecule has 0 saturated heterocycles. The van der Waals surface area contributed by atoms with Crippen LogP contribution < -0.4 is 10.1 Å². The third-order valence-corrected chi connectivity index (χ3v) is 6.54. The summed E-state index contributed by atoms with van der Waals surface area (Å²) in [6.07, 6.45) is 6.73. The zero-order chi connectivity index (χ0) is 22.5. The molecule has 168 valence electrons. The Balaban J connectivity index is 1.63. The highest BCUT2D eigenvalue weighted by Crippen LogP contribution is 2.39. The summed E-state index contributed by atoms with van der Waals surface area (Å²) in [7, 11) is 0. The van der Waals surface area contributed by atoms with Gasteiger partial charge in [0.1, 0.15) is 5.75 Å². The van der Waals surface area contributed by atoms with E-state index in [9.17, 15) is 9.59 Å². The van der Waals surface area contributed by atoms with Gasteiger partial charge in [0, 0.05) is 19.0 Å². The minimum absolute atomic E-state index is 0.0491. The van der Waals surface area contributed by atoms with Crippen molar-refractivity contribution < 1.29 is 14.3 Å². The first-order valence-corrected chi connectivity index (χ1v) is 11.6. The fourth-order valence-electron chi connectivity index (χ4n) is 4.82. The van der Waals surface area contributed by atoms with E-state index in [4.69, 9.17) is 4.74 Å². The molecular formula is C27H32N2O3. The first-order valence-electron chi connectivity index (χ1n) is 11.6. The molecule has 2 aromatic carbocycles. The van der Waals surface area contributed by atoms with E-state index in [0.29, 0.717) is 12.3 Å². The van der Waals surface area contributed by atoms with Crippen molar-refractivity contribution in [2.75, 3.05) is 19.7 Å². The second-order valence-electron chi connectivity index (χ2n) is 8.82. The number of ether oxygens (including phenoxy) is 1. The Morgan fingerprint density at radius 3 is 2.62 bits per heavy atom. The average molecular weight is 433 g/mol. The first kappa shape index (κ1) is 22.1. The predicted octanol–water partition coefficient (Wildman–Crippen LogP) is 4.34. The van der Waals surface area contributed by atoms with Crippen LogP contribution in [0, 0.1) is 12.8 Å². The molecule has 0 spiro atoms. The lowest BCUT2D eigenvalue weighted by Gasteiger charge is -2.39. The lowest BCUT2D eigenvalue weighted by atomic mass is 9.86. The van der Waals surface area contributed by atoms with E-state index < -0.39 is 0 Å². The summed E-state index contributed by atoms with van der Waals surface area (Å²) in [5.74, 6) is 0.867. The van der Waals surface area contributed by atoms with E-state index in [1.807, 2.05) is 12.1 Å². The number of nitrogens with zero attached hydrogens (tertiary/aromatic N) is 1. The van der Waals surface area contributed by atoms with Crippen LogP contribution in [-0.4, -0.2) is 36.4 Å². The van der Waals surface area contributed by atoms with Crippen LogP contribution in [0.25, 0.3) is 0 Å². The Morgan fingerprint density at radius 2 is 1.91 bits per heavy atom. The van der Waals surface area contributed by atoms with Gasteiger partial charge in [-0.1, -0.05) is 54.8 Å². The molecule has 0 aromatic heterocycles. The molecule has 2 aliphatic rings. The molecule has 4 rings (SSSR count). The van der Waals surface area contributed by atoms with E-state index >= 15 is 0 Å². The van der Waals surface area contributed by atoms with E-state index in [2.05, 4.69) is 54.1 Å². The second-order valence-corrected chi connectivity index (χ2v) is 8.82. The number of rotatable bonds is 7. The molecule has 0 radical (unpaired) electrons. The molecule has 1 fully saturated rings. The van der Waals surface area contributed by atoms with Crippen LogP contribution in [0.5, 0.6) is 5.75 Å². The summed E-state index contributed by atoms with van der Waals surface area (Å²) in [6.45, 7) is 6.77. The lowest BCUT2D eigenvalue weighted by molar-refractivity contribution is -0.137. The fourth-order valence-corrected chi connectivity index (χ4v) is 4.82. The van der Waals surface area contributed by atoms with Gasteiger partial charge >= 0.3 is 0 Å². The van der Waals surface area contributed by atoms with Crippen molar-refractivity contribution in [2.24, 2.45) is 5.92 Å². The number of fused-ring (bicyclic) bond motifs is 1. The number of benzene rings is 2. The SMILES string of the molecule is C=CCNC(=O)COc1ccc2c(c1)[C@H](c1ccc(C)cc1)N(C(=O)C1CCCC1)CC2. The highest BCUT2D eigenvalue weighted by molar-refractivity contribution is 5.80. The summed E-state index contributed by atoms with van der Waals surface area (Å²) in [5, 5.41) is 2.72. The van der Waals surface area contributed by atoms with Crippen LogP contribution in [0.15, 0.2) is 55.1 Å². The quantitative estimate of drug-likeness (QED) is 0.662. The molecule has 1 N–H and O–H groups in total. The molecule has 1 atom stereocenters. The van der Waals surface area contributed by atoms with Gasteiger partial charge in [0.15, 0.2) is 6.61 Å². The standard InChI is InChI=1S/C27H32N2O3/c1-3-15-28-25(30)18-32-23-13-12-20-14-16-29(27(31)22-6-4-5-7-22)26(24(20)17-23)21-10-8-19(2)9-11-21/h3,8-13,17,22,26H,1,4-7,14-16,18H2,2H3,(H,28,30)/t26-/m0/s1. The molecule has 0 unspecified atom stereocenters. The second kappa shape index (κ2) is 10.0. The Hall–Kier alpha value is -3.08. The van der Waals surface area contributed by atoms with E-state index in [-0.39, 0.29) is 30.4 Å². The Morgan fingerprint density at radius 1 is 1.16 bits per heavy atom. The van der Waals surface area contributed by atoms with Crippen LogP contribution >= 0.6 is 0 Å². The van der Waals surface area contributed by atoms with Gasteiger partial charge in [-0.05, 0) is 55.0 Å². The molecule has 2 amide bonds. The number of aryl methyl sites for hydroxylation is 1. The highest BCUT2D eigenvalue weighted by Gasteiger charge is 2.36. The molecule has 1 heterocycles. The number of hydrogen-bond acceptors (Lipinski definition) is 3. The monoisotopic (exact) mass is 432 g/mol. The average Bonchev–Trinajstić information content (AvgIpc) is 3.36. The zero-order valence-corrected chi connectivity index (χ0v) is 18.8. The van der Waals surface area contributed by atoms with Crippen LogP contribution in [-0.2, 0) is 16.0 Å². The topological polar surface area (TPSA) is 58.6 Å². The van der Waals surface area contributed by atoms with Crippen molar-refractivity contribution in [1.29, 1.82) is 0 Å². The molecule has 32 heavy (non-hydrogen) atoms. The summed E-state index contributed by atoms with van der Waals surface area (Å²) < 4.78 is 5.78. The number of hydrogen-bond donors (Lipinski definition) is 1. The van der Waals surface area contributed by atoms with E-state index in [0.717, 1.165) is 49.8 Å². The molecule has 1 saturated carbocycles. The molecule has 1 aliphatic carbocycles. The Labute approximate surface area is 190 Å². The Bertz CT molecular complexity index is 977. The number of nitrogens with one attached hydrogen (secondary N) is 1. The lowest BCUT2D eigenvalue weighted by Crippen LogP contribution is -2.43. The van der Waals surface area contributed by atoms with Gasteiger partial charge in [-0.2, -0.15) is 0 Å². The molecule has 2 aromatic rings. The van der Waals surface area contributed by atoms with Crippen LogP contribution in [0.3, 0.4) is 0 Å². The molecule has 5 heteroatoms. The zero-order valence-electron chi connectivity index (χ0n) is 18.8. The van der Waals surface area contributed by atoms with E-state index in [1.54, 1.807) is 6.08 Å². The smallest absolute Gasteiger partial charge is 0.258 e. The first-order chi connectivity index (χ1) is 15.6. The minimum Gasteiger partial charge on any atom is -0.484 e. The van der Waals surface area contributed by atoms with Crippen molar-refractivity contribution in [2.45, 2.75) is 45.1 Å². The van der Waals surface area contributed by atoms with Gasteiger partial charge in [-0.25, -0.2) is 0 Å². The van der Waals surface area contributed by atoms with E-state index in [1.165, 1.54) is 11.1 Å². The van der Waals surface area contributed by atoms with Crippen LogP contribution in [0.4, 0.5) is 0 Å². The number of amides is 2. The van der Waals surface area contributed by atoms with Crippen molar-refractivity contribution in [1.82, 2.24) is 10.2 Å². The van der Waals surface area contributed by atoms with Crippen molar-refractivity contribution in [3.8, 4) is 5.75 Å². The maximum atomic E-state index is 13.5. The maximum absolute atomic E-state index is 13.5. The van der Waals surface area contributed by atoms with Gasteiger partial charge in [0.05, 0.1) is 6.04 Å². The van der Waals surface area contributed by atoms with Gasteiger partial charge in [0.2, 0.25) is 5.91 Å². The van der Waals surface area contributed by atoms with Crippen LogP contribution in [0.2, 0.25) is 0 Å². The largest absolute Gasteiger partial charge is 0.484 e. The third-order valence-electron chi connectivity index (χ3n) is 6.54. The van der Waals surface area contributed by atoms with Crippen LogP contribution in [0.1, 0.15) is 54.0 Å². The third kappa shape index (κ3) is 4.87. The van der Waals surface area contributed by atoms with Gasteiger partial charge in [-0.15, -0.1) is 6.58 Å². The van der Waals surface area contributed by atoms with Gasteiger partial charge in [0.25, 0.3) is 5.91 Å². The van der Waals surface area contributed by atoms with Crippen molar-refractivity contribution >= 4 is 11.8 Å². The van der Waals surface area contributed by atoms with Gasteiger partial charge in [-0.3, -0.25) is 9.59 Å². The minimum atomic E-state index is -0.184. The summed E-state index contributed by atoms with van der Waals surface area (Å²) >= 11 is 0. The fraction of sp³-hybridized carbons (Fsp3) is 0.407. The Kier molecular flexibility index (Phi) is 6.93. The maximum Gasteiger partial charge on any atom is 0.258 e. The van der Waals surface area contributed by atoms with Crippen molar-refractivity contribution in [3.05, 3.63) is 77.4 Å². The normalized spacial score (nSPS) is 18.2. The molecule has 5 nitrogen and oxygen atoms in total.